The SMILES string of the molecule is Cc1cc(/C=C(/C#N)C(=O)Cc2cccc(Br)c2)c(C)n1-c1ccccc1.O=C=O. The van der Waals surface area contributed by atoms with Crippen molar-refractivity contribution in [3.05, 3.63) is 93.2 Å². The number of benzene rings is 2. The Labute approximate surface area is 183 Å². The van der Waals surface area contributed by atoms with E-state index in [0.29, 0.717) is 0 Å². The topological polar surface area (TPSA) is 79.9 Å². The average molecular weight is 463 g/mol. The molecule has 0 N–H and O–H groups in total. The second-order valence-corrected chi connectivity index (χ2v) is 7.40. The van der Waals surface area contributed by atoms with Crippen molar-refractivity contribution in [1.29, 1.82) is 5.26 Å². The minimum atomic E-state index is -0.180. The van der Waals surface area contributed by atoms with E-state index in [1.807, 2.05) is 74.5 Å². The van der Waals surface area contributed by atoms with E-state index >= 15 is 0 Å². The molecule has 0 aliphatic rings. The molecule has 0 atom stereocenters. The highest BCUT2D eigenvalue weighted by molar-refractivity contribution is 9.10. The van der Waals surface area contributed by atoms with Gasteiger partial charge in [-0.05, 0) is 61.4 Å². The molecule has 0 amide bonds. The molecule has 1 aromatic heterocycles. The van der Waals surface area contributed by atoms with Crippen molar-refractivity contribution in [1.82, 2.24) is 4.57 Å². The van der Waals surface area contributed by atoms with Crippen LogP contribution in [-0.2, 0) is 20.8 Å². The van der Waals surface area contributed by atoms with E-state index in [9.17, 15) is 10.1 Å². The normalized spacial score (nSPS) is 10.4. The van der Waals surface area contributed by atoms with Gasteiger partial charge in [-0.1, -0.05) is 46.3 Å². The largest absolute Gasteiger partial charge is 0.373 e. The summed E-state index contributed by atoms with van der Waals surface area (Å²) in [5.74, 6) is -0.180. The molecular weight excluding hydrogens is 444 g/mol. The van der Waals surface area contributed by atoms with Gasteiger partial charge in [-0.25, -0.2) is 0 Å². The summed E-state index contributed by atoms with van der Waals surface area (Å²) in [6.45, 7) is 4.02. The Morgan fingerprint density at radius 2 is 1.73 bits per heavy atom. The summed E-state index contributed by atoms with van der Waals surface area (Å²) in [6.07, 6.45) is 2.15. The number of allylic oxidation sites excluding steroid dienone is 1. The molecule has 5 nitrogen and oxygen atoms in total. The van der Waals surface area contributed by atoms with Gasteiger partial charge in [0.2, 0.25) is 0 Å². The molecule has 6 heteroatoms. The van der Waals surface area contributed by atoms with Crippen LogP contribution in [0.3, 0.4) is 0 Å². The maximum Gasteiger partial charge on any atom is 0.373 e. The van der Waals surface area contributed by atoms with E-state index in [-0.39, 0.29) is 23.9 Å². The Morgan fingerprint density at radius 1 is 1.07 bits per heavy atom. The molecule has 0 aliphatic heterocycles. The van der Waals surface area contributed by atoms with Gasteiger partial charge < -0.3 is 4.57 Å². The molecule has 0 aliphatic carbocycles. The Balaban J connectivity index is 0.00000101. The molecule has 3 aromatic rings. The molecule has 0 saturated carbocycles. The fraction of sp³-hybridized carbons (Fsp3) is 0.125. The van der Waals surface area contributed by atoms with Gasteiger partial charge in [0.05, 0.1) is 5.57 Å². The van der Waals surface area contributed by atoms with Crippen LogP contribution in [-0.4, -0.2) is 16.5 Å². The quantitative estimate of drug-likeness (QED) is 0.394. The van der Waals surface area contributed by atoms with Crippen molar-refractivity contribution >= 4 is 33.9 Å². The number of para-hydroxylation sites is 1. The predicted molar refractivity (Wildman–Crippen MR) is 117 cm³/mol. The van der Waals surface area contributed by atoms with Crippen LogP contribution in [0.2, 0.25) is 0 Å². The van der Waals surface area contributed by atoms with Gasteiger partial charge in [0.1, 0.15) is 6.07 Å². The van der Waals surface area contributed by atoms with E-state index in [0.717, 1.165) is 32.7 Å². The van der Waals surface area contributed by atoms with E-state index in [4.69, 9.17) is 9.59 Å². The lowest BCUT2D eigenvalue weighted by Crippen LogP contribution is -2.05. The van der Waals surface area contributed by atoms with Crippen LogP contribution in [0, 0.1) is 25.2 Å². The molecule has 0 fully saturated rings. The van der Waals surface area contributed by atoms with Crippen molar-refractivity contribution in [3.63, 3.8) is 0 Å². The van der Waals surface area contributed by atoms with Gasteiger partial charge in [-0.15, -0.1) is 0 Å². The second kappa shape index (κ2) is 10.9. The van der Waals surface area contributed by atoms with Crippen molar-refractivity contribution < 1.29 is 14.4 Å². The first-order chi connectivity index (χ1) is 14.4. The molecule has 30 heavy (non-hydrogen) atoms. The summed E-state index contributed by atoms with van der Waals surface area (Å²) >= 11 is 3.41. The average Bonchev–Trinajstić information content (AvgIpc) is 3.00. The van der Waals surface area contributed by atoms with Gasteiger partial charge in [0.15, 0.2) is 5.78 Å². The highest BCUT2D eigenvalue weighted by Crippen LogP contribution is 2.23. The van der Waals surface area contributed by atoms with Crippen LogP contribution >= 0.6 is 15.9 Å². The number of hydrogen-bond acceptors (Lipinski definition) is 4. The number of nitrogens with zero attached hydrogens (tertiary/aromatic N) is 2. The molecule has 2 aromatic carbocycles. The van der Waals surface area contributed by atoms with Gasteiger partial charge in [-0.2, -0.15) is 14.9 Å². The minimum Gasteiger partial charge on any atom is -0.318 e. The lowest BCUT2D eigenvalue weighted by Gasteiger charge is -2.09. The number of ketones is 1. The van der Waals surface area contributed by atoms with E-state index in [1.54, 1.807) is 6.08 Å². The highest BCUT2D eigenvalue weighted by Gasteiger charge is 2.14. The zero-order valence-corrected chi connectivity index (χ0v) is 18.1. The predicted octanol–water partition coefficient (Wildman–Crippen LogP) is 4.99. The molecule has 0 spiro atoms. The van der Waals surface area contributed by atoms with Gasteiger partial charge in [-0.3, -0.25) is 4.79 Å². The number of nitriles is 1. The van der Waals surface area contributed by atoms with Crippen LogP contribution in [0.5, 0.6) is 0 Å². The van der Waals surface area contributed by atoms with Crippen LogP contribution in [0.15, 0.2) is 70.7 Å². The number of rotatable bonds is 5. The van der Waals surface area contributed by atoms with Crippen molar-refractivity contribution in [2.75, 3.05) is 0 Å². The Morgan fingerprint density at radius 3 is 2.33 bits per heavy atom. The molecule has 0 unspecified atom stereocenters. The van der Waals surface area contributed by atoms with Gasteiger partial charge in [0, 0.05) is 28.0 Å². The summed E-state index contributed by atoms with van der Waals surface area (Å²) in [4.78, 5) is 28.9. The lowest BCUT2D eigenvalue weighted by molar-refractivity contribution is -0.191. The summed E-state index contributed by atoms with van der Waals surface area (Å²) in [6, 6.07) is 21.7. The maximum atomic E-state index is 12.6. The van der Waals surface area contributed by atoms with Crippen molar-refractivity contribution in [2.45, 2.75) is 20.3 Å². The third-order valence-corrected chi connectivity index (χ3v) is 4.95. The Hall–Kier alpha value is -3.52. The van der Waals surface area contributed by atoms with Crippen molar-refractivity contribution in [2.24, 2.45) is 0 Å². The summed E-state index contributed by atoms with van der Waals surface area (Å²) in [5.41, 5.74) is 5.05. The number of carbonyl (C=O) groups excluding carboxylic acids is 3. The van der Waals surface area contributed by atoms with E-state index in [2.05, 4.69) is 26.6 Å². The fourth-order valence-electron chi connectivity index (χ4n) is 3.17. The molecular formula is C24H19BrN2O3. The number of aryl methyl sites for hydroxylation is 1. The van der Waals surface area contributed by atoms with E-state index in [1.165, 1.54) is 0 Å². The maximum absolute atomic E-state index is 12.6. The monoisotopic (exact) mass is 462 g/mol. The summed E-state index contributed by atoms with van der Waals surface area (Å²) in [7, 11) is 0. The molecule has 0 saturated heterocycles. The minimum absolute atomic E-state index is 0.170. The molecule has 0 bridgehead atoms. The first kappa shape index (κ1) is 22.8. The zero-order chi connectivity index (χ0) is 22.1. The Kier molecular flexibility index (Phi) is 8.25. The van der Waals surface area contributed by atoms with Gasteiger partial charge in [0.25, 0.3) is 0 Å². The highest BCUT2D eigenvalue weighted by atomic mass is 79.9. The number of Topliss-reactive ketones (excluding diaryl/α,β-unsaturated/α-hetero) is 1. The summed E-state index contributed by atoms with van der Waals surface area (Å²) in [5, 5.41) is 9.52. The number of hydrogen-bond donors (Lipinski definition) is 0. The standard InChI is InChI=1S/C23H19BrN2O.CO2/c1-16-11-19(17(2)26(16)22-9-4-3-5-10-22)14-20(15-25)23(27)13-18-7-6-8-21(24)12-18;2-1-3/h3-12,14H,13H2,1-2H3;/b20-14-;. The van der Waals surface area contributed by atoms with E-state index < -0.39 is 0 Å². The zero-order valence-electron chi connectivity index (χ0n) is 16.6. The Bertz CT molecular complexity index is 1150. The van der Waals surface area contributed by atoms with Crippen LogP contribution < -0.4 is 0 Å². The van der Waals surface area contributed by atoms with Crippen LogP contribution in [0.1, 0.15) is 22.5 Å². The first-order valence-corrected chi connectivity index (χ1v) is 9.83. The third-order valence-electron chi connectivity index (χ3n) is 4.46. The van der Waals surface area contributed by atoms with Gasteiger partial charge >= 0.3 is 6.15 Å². The lowest BCUT2D eigenvalue weighted by atomic mass is 10.0. The number of halogens is 1. The molecule has 0 radical (unpaired) electrons. The van der Waals surface area contributed by atoms with Crippen LogP contribution in [0.25, 0.3) is 11.8 Å². The van der Waals surface area contributed by atoms with Crippen molar-refractivity contribution in [3.8, 4) is 11.8 Å². The fourth-order valence-corrected chi connectivity index (χ4v) is 3.61. The third kappa shape index (κ3) is 5.74. The number of aromatic nitrogens is 1. The second-order valence-electron chi connectivity index (χ2n) is 6.48. The summed E-state index contributed by atoms with van der Waals surface area (Å²) < 4.78 is 3.04. The molecule has 1 heterocycles. The molecule has 3 rings (SSSR count). The van der Waals surface area contributed by atoms with Crippen LogP contribution in [0.4, 0.5) is 0 Å². The first-order valence-electron chi connectivity index (χ1n) is 9.04. The smallest absolute Gasteiger partial charge is 0.318 e. The molecule has 150 valence electrons. The number of carbonyl (C=O) groups is 1.